The van der Waals surface area contributed by atoms with Gasteiger partial charge in [0.05, 0.1) is 24.2 Å². The SMILES string of the molecule is COc1cccc(CC(NC(=O)O)[C@H](O)CN(CC(C)C)S(=O)(=O)c2ccc3nc(NC(C)C)oc3c2)c1. The number of oxazole rings is 1. The minimum atomic E-state index is -4.07. The Bertz CT molecular complexity index is 1340. The van der Waals surface area contributed by atoms with E-state index in [1.165, 1.54) is 23.5 Å². The molecular weight excluding hydrogens is 512 g/mol. The highest BCUT2D eigenvalue weighted by Crippen LogP contribution is 2.26. The lowest BCUT2D eigenvalue weighted by Crippen LogP contribution is -2.50. The molecule has 11 nitrogen and oxygen atoms in total. The molecule has 1 amide bonds. The van der Waals surface area contributed by atoms with Gasteiger partial charge in [0.25, 0.3) is 6.01 Å². The Morgan fingerprint density at radius 3 is 2.50 bits per heavy atom. The van der Waals surface area contributed by atoms with Gasteiger partial charge in [0.1, 0.15) is 11.3 Å². The van der Waals surface area contributed by atoms with Gasteiger partial charge in [-0.25, -0.2) is 13.2 Å². The first-order valence-electron chi connectivity index (χ1n) is 12.4. The zero-order valence-corrected chi connectivity index (χ0v) is 23.0. The molecule has 0 saturated carbocycles. The number of ether oxygens (including phenoxy) is 1. The highest BCUT2D eigenvalue weighted by Gasteiger charge is 2.32. The van der Waals surface area contributed by atoms with E-state index in [1.807, 2.05) is 27.7 Å². The zero-order valence-electron chi connectivity index (χ0n) is 22.2. The van der Waals surface area contributed by atoms with Gasteiger partial charge >= 0.3 is 6.09 Å². The van der Waals surface area contributed by atoms with Gasteiger partial charge in [-0.15, -0.1) is 0 Å². The van der Waals surface area contributed by atoms with Gasteiger partial charge in [-0.2, -0.15) is 9.29 Å². The van der Waals surface area contributed by atoms with E-state index in [-0.39, 0.29) is 36.4 Å². The summed E-state index contributed by atoms with van der Waals surface area (Å²) in [6.45, 7) is 7.39. The van der Waals surface area contributed by atoms with Gasteiger partial charge in [0.2, 0.25) is 10.0 Å². The standard InChI is InChI=1S/C26H36N4O7S/c1-16(2)14-30(15-23(31)22(29-26(32)33)12-18-7-6-8-19(11-18)36-5)38(34,35)20-9-10-21-24(13-20)37-25(28-21)27-17(3)4/h6-11,13,16-17,22-23,29,31H,12,14-15H2,1-5H3,(H,27,28)(H,32,33)/t22?,23-/m1/s1. The molecule has 3 rings (SSSR count). The molecule has 0 aliphatic rings. The maximum absolute atomic E-state index is 13.7. The van der Waals surface area contributed by atoms with Crippen LogP contribution in [0, 0.1) is 5.92 Å². The van der Waals surface area contributed by atoms with E-state index < -0.39 is 28.3 Å². The second kappa shape index (κ2) is 12.5. The number of carbonyl (C=O) groups is 1. The first-order valence-corrected chi connectivity index (χ1v) is 13.8. The molecule has 0 saturated heterocycles. The van der Waals surface area contributed by atoms with Crippen LogP contribution in [0.2, 0.25) is 0 Å². The number of rotatable bonds is 13. The average molecular weight is 549 g/mol. The second-order valence-corrected chi connectivity index (χ2v) is 11.8. The van der Waals surface area contributed by atoms with Crippen molar-refractivity contribution in [1.29, 1.82) is 0 Å². The van der Waals surface area contributed by atoms with Crippen molar-refractivity contribution < 1.29 is 32.6 Å². The molecule has 12 heteroatoms. The maximum Gasteiger partial charge on any atom is 0.404 e. The predicted molar refractivity (Wildman–Crippen MR) is 144 cm³/mol. The molecule has 0 radical (unpaired) electrons. The van der Waals surface area contributed by atoms with Crippen molar-refractivity contribution in [2.45, 2.75) is 57.2 Å². The number of amides is 1. The predicted octanol–water partition coefficient (Wildman–Crippen LogP) is 3.54. The van der Waals surface area contributed by atoms with E-state index in [1.54, 1.807) is 30.3 Å². The molecule has 0 aliphatic heterocycles. The van der Waals surface area contributed by atoms with Crippen LogP contribution in [0.3, 0.4) is 0 Å². The smallest absolute Gasteiger partial charge is 0.404 e. The number of nitrogens with zero attached hydrogens (tertiary/aromatic N) is 2. The van der Waals surface area contributed by atoms with Crippen LogP contribution in [0.15, 0.2) is 51.8 Å². The third-order valence-electron chi connectivity index (χ3n) is 5.73. The van der Waals surface area contributed by atoms with E-state index in [0.29, 0.717) is 22.9 Å². The lowest BCUT2D eigenvalue weighted by atomic mass is 10.0. The molecule has 0 fully saturated rings. The number of sulfonamides is 1. The van der Waals surface area contributed by atoms with Crippen LogP contribution in [0.5, 0.6) is 5.75 Å². The summed E-state index contributed by atoms with van der Waals surface area (Å²) < 4.78 is 39.5. The molecule has 4 N–H and O–H groups in total. The molecule has 0 spiro atoms. The Morgan fingerprint density at radius 2 is 1.87 bits per heavy atom. The minimum absolute atomic E-state index is 0.0133. The fourth-order valence-corrected chi connectivity index (χ4v) is 5.67. The highest BCUT2D eigenvalue weighted by atomic mass is 32.2. The topological polar surface area (TPSA) is 154 Å². The van der Waals surface area contributed by atoms with Crippen LogP contribution in [0.1, 0.15) is 33.3 Å². The average Bonchev–Trinajstić information content (AvgIpc) is 3.23. The van der Waals surface area contributed by atoms with Gasteiger partial charge < -0.3 is 30.0 Å². The van der Waals surface area contributed by atoms with Crippen molar-refractivity contribution in [3.05, 3.63) is 48.0 Å². The van der Waals surface area contributed by atoms with E-state index in [2.05, 4.69) is 15.6 Å². The van der Waals surface area contributed by atoms with Crippen LogP contribution in [-0.2, 0) is 16.4 Å². The molecule has 1 unspecified atom stereocenters. The second-order valence-electron chi connectivity index (χ2n) is 9.84. The van der Waals surface area contributed by atoms with Crippen molar-refractivity contribution in [3.63, 3.8) is 0 Å². The number of methoxy groups -OCH3 is 1. The van der Waals surface area contributed by atoms with Crippen LogP contribution >= 0.6 is 0 Å². The van der Waals surface area contributed by atoms with E-state index in [4.69, 9.17) is 9.15 Å². The number of fused-ring (bicyclic) bond motifs is 1. The third-order valence-corrected chi connectivity index (χ3v) is 7.56. The van der Waals surface area contributed by atoms with Gasteiger partial charge in [0, 0.05) is 25.2 Å². The fourth-order valence-electron chi connectivity index (χ4n) is 4.03. The Kier molecular flexibility index (Phi) is 9.58. The van der Waals surface area contributed by atoms with Gasteiger partial charge in [-0.1, -0.05) is 26.0 Å². The molecule has 38 heavy (non-hydrogen) atoms. The number of hydrogen-bond acceptors (Lipinski definition) is 8. The number of hydrogen-bond donors (Lipinski definition) is 4. The Balaban J connectivity index is 1.89. The summed E-state index contributed by atoms with van der Waals surface area (Å²) in [5.74, 6) is 0.529. The largest absolute Gasteiger partial charge is 0.497 e. The number of anilines is 1. The summed E-state index contributed by atoms with van der Waals surface area (Å²) in [6, 6.07) is 10.9. The van der Waals surface area contributed by atoms with Gasteiger partial charge in [-0.05, 0) is 56.0 Å². The fraction of sp³-hybridized carbons (Fsp3) is 0.462. The molecule has 0 bridgehead atoms. The Hall–Kier alpha value is -3.35. The number of aromatic nitrogens is 1. The molecule has 1 aromatic heterocycles. The first-order chi connectivity index (χ1) is 17.9. The lowest BCUT2D eigenvalue weighted by molar-refractivity contribution is 0.0980. The molecule has 2 aromatic carbocycles. The number of nitrogens with one attached hydrogen (secondary N) is 2. The van der Waals surface area contributed by atoms with Gasteiger partial charge in [-0.3, -0.25) is 0 Å². The monoisotopic (exact) mass is 548 g/mol. The summed E-state index contributed by atoms with van der Waals surface area (Å²) in [4.78, 5) is 15.8. The molecular formula is C26H36N4O7S. The van der Waals surface area contributed by atoms with E-state index in [0.717, 1.165) is 5.56 Å². The summed E-state index contributed by atoms with van der Waals surface area (Å²) in [6.07, 6.45) is -2.52. The van der Waals surface area contributed by atoms with Crippen molar-refractivity contribution >= 4 is 33.2 Å². The normalized spacial score (nSPS) is 13.7. The Labute approximate surface area is 222 Å². The third kappa shape index (κ3) is 7.59. The zero-order chi connectivity index (χ0) is 28.0. The summed E-state index contributed by atoms with van der Waals surface area (Å²) in [5, 5.41) is 25.9. The molecule has 3 aromatic rings. The quantitative estimate of drug-likeness (QED) is 0.251. The van der Waals surface area contributed by atoms with Crippen LogP contribution < -0.4 is 15.4 Å². The minimum Gasteiger partial charge on any atom is -0.497 e. The lowest BCUT2D eigenvalue weighted by Gasteiger charge is -2.30. The van der Waals surface area contributed by atoms with Crippen molar-refractivity contribution in [2.75, 3.05) is 25.5 Å². The highest BCUT2D eigenvalue weighted by molar-refractivity contribution is 7.89. The molecule has 2 atom stereocenters. The van der Waals surface area contributed by atoms with Crippen LogP contribution in [0.25, 0.3) is 11.1 Å². The van der Waals surface area contributed by atoms with E-state index >= 15 is 0 Å². The molecule has 1 heterocycles. The number of carboxylic acid groups (broad SMARTS) is 1. The maximum atomic E-state index is 13.7. The number of aliphatic hydroxyl groups excluding tert-OH is 1. The summed E-state index contributed by atoms with van der Waals surface area (Å²) in [5.41, 5.74) is 1.54. The summed E-state index contributed by atoms with van der Waals surface area (Å²) in [7, 11) is -2.55. The van der Waals surface area contributed by atoms with Crippen molar-refractivity contribution in [2.24, 2.45) is 5.92 Å². The van der Waals surface area contributed by atoms with Gasteiger partial charge in [0.15, 0.2) is 5.58 Å². The van der Waals surface area contributed by atoms with E-state index in [9.17, 15) is 23.4 Å². The van der Waals surface area contributed by atoms with Crippen molar-refractivity contribution in [1.82, 2.24) is 14.6 Å². The Morgan fingerprint density at radius 1 is 1.13 bits per heavy atom. The van der Waals surface area contributed by atoms with Crippen molar-refractivity contribution in [3.8, 4) is 5.75 Å². The molecule has 208 valence electrons. The number of aliphatic hydroxyl groups is 1. The van der Waals surface area contributed by atoms with Crippen LogP contribution in [-0.4, -0.2) is 72.4 Å². The number of benzene rings is 2. The molecule has 0 aliphatic carbocycles. The summed E-state index contributed by atoms with van der Waals surface area (Å²) >= 11 is 0. The first kappa shape index (κ1) is 29.2. The van der Waals surface area contributed by atoms with Crippen LogP contribution in [0.4, 0.5) is 10.8 Å².